The van der Waals surface area contributed by atoms with Gasteiger partial charge in [-0.2, -0.15) is 9.78 Å². The number of nitrogens with zero attached hydrogens (tertiary/aromatic N) is 4. The zero-order valence-electron chi connectivity index (χ0n) is 15.3. The zero-order chi connectivity index (χ0) is 20.8. The van der Waals surface area contributed by atoms with E-state index in [1.165, 1.54) is 23.2 Å². The molecule has 0 fully saturated rings. The molecule has 0 bridgehead atoms. The van der Waals surface area contributed by atoms with Crippen molar-refractivity contribution < 1.29 is 14.1 Å². The number of furan rings is 1. The lowest BCUT2D eigenvalue weighted by molar-refractivity contribution is -0.390. The van der Waals surface area contributed by atoms with Crippen LogP contribution in [0, 0.1) is 10.1 Å². The van der Waals surface area contributed by atoms with E-state index in [0.29, 0.717) is 5.76 Å². The molecular weight excluding hydrogens is 442 g/mol. The predicted octanol–water partition coefficient (Wildman–Crippen LogP) is 4.01. The summed E-state index contributed by atoms with van der Waals surface area (Å²) in [6, 6.07) is 12.8. The summed E-state index contributed by atoms with van der Waals surface area (Å²) >= 11 is 3.08. The Morgan fingerprint density at radius 3 is 2.79 bits per heavy atom. The summed E-state index contributed by atoms with van der Waals surface area (Å²) in [5.41, 5.74) is 4.29. The van der Waals surface area contributed by atoms with Crippen LogP contribution in [0.2, 0.25) is 0 Å². The quantitative estimate of drug-likeness (QED) is 0.326. The van der Waals surface area contributed by atoms with E-state index < -0.39 is 10.8 Å². The second kappa shape index (κ2) is 9.11. The van der Waals surface area contributed by atoms with Gasteiger partial charge in [0.1, 0.15) is 16.8 Å². The fraction of sp³-hybridized carbons (Fsp3) is 0.105. The Kier molecular flexibility index (Phi) is 6.35. The van der Waals surface area contributed by atoms with Gasteiger partial charge in [-0.15, -0.1) is 0 Å². The van der Waals surface area contributed by atoms with E-state index in [-0.39, 0.29) is 22.6 Å². The molecule has 0 spiro atoms. The lowest BCUT2D eigenvalue weighted by atomic mass is 10.1. The van der Waals surface area contributed by atoms with Gasteiger partial charge in [0.25, 0.3) is 0 Å². The molecule has 1 amide bonds. The van der Waals surface area contributed by atoms with Crippen LogP contribution in [0.4, 0.5) is 5.82 Å². The summed E-state index contributed by atoms with van der Waals surface area (Å²) in [4.78, 5) is 22.4. The van der Waals surface area contributed by atoms with Crippen molar-refractivity contribution in [3.8, 4) is 0 Å². The molecule has 10 heteroatoms. The highest BCUT2D eigenvalue weighted by Crippen LogP contribution is 2.22. The minimum atomic E-state index is -0.589. The first kappa shape index (κ1) is 20.2. The molecule has 0 aliphatic heterocycles. The first-order valence-electron chi connectivity index (χ1n) is 8.45. The van der Waals surface area contributed by atoms with Crippen molar-refractivity contribution in [1.29, 1.82) is 0 Å². The minimum absolute atomic E-state index is 0.0718. The van der Waals surface area contributed by atoms with Crippen molar-refractivity contribution in [2.45, 2.75) is 13.5 Å². The maximum absolute atomic E-state index is 12.1. The Morgan fingerprint density at radius 2 is 2.10 bits per heavy atom. The Hall–Kier alpha value is -3.53. The van der Waals surface area contributed by atoms with E-state index in [1.807, 2.05) is 43.3 Å². The molecule has 0 atom stereocenters. The van der Waals surface area contributed by atoms with Crippen molar-refractivity contribution in [2.24, 2.45) is 5.10 Å². The number of carbonyl (C=O) groups is 1. The van der Waals surface area contributed by atoms with E-state index in [9.17, 15) is 14.9 Å². The Morgan fingerprint density at radius 1 is 1.34 bits per heavy atom. The maximum atomic E-state index is 12.1. The standard InChI is InChI=1S/C19H16BrN5O4/c1-13(9-14-5-3-2-4-6-14)10-21-22-19(26)17-8-7-15(29-17)11-24-12-16(20)18(23-24)25(27)28/h2-10,12H,11H2,1H3,(H,22,26)/b13-9+,21-10+. The number of nitrogens with one attached hydrogen (secondary N) is 1. The third-order valence-corrected chi connectivity index (χ3v) is 4.26. The number of hydrogen-bond donors (Lipinski definition) is 1. The van der Waals surface area contributed by atoms with Gasteiger partial charge in [-0.3, -0.25) is 4.79 Å². The molecule has 0 aliphatic carbocycles. The summed E-state index contributed by atoms with van der Waals surface area (Å²) in [5.74, 6) is -0.304. The van der Waals surface area contributed by atoms with Gasteiger partial charge in [-0.25, -0.2) is 5.43 Å². The molecule has 2 aromatic heterocycles. The predicted molar refractivity (Wildman–Crippen MR) is 110 cm³/mol. The van der Waals surface area contributed by atoms with E-state index in [1.54, 1.807) is 6.07 Å². The van der Waals surface area contributed by atoms with Crippen molar-refractivity contribution in [1.82, 2.24) is 15.2 Å². The van der Waals surface area contributed by atoms with Crippen molar-refractivity contribution in [3.63, 3.8) is 0 Å². The molecule has 1 N–H and O–H groups in total. The molecule has 0 aliphatic rings. The molecular formula is C19H16BrN5O4. The van der Waals surface area contributed by atoms with Gasteiger partial charge in [-0.05, 0) is 51.0 Å². The van der Waals surface area contributed by atoms with Crippen molar-refractivity contribution in [3.05, 3.63) is 85.9 Å². The summed E-state index contributed by atoms with van der Waals surface area (Å²) < 4.78 is 7.08. The molecule has 0 saturated heterocycles. The topological polar surface area (TPSA) is 116 Å². The van der Waals surface area contributed by atoms with Crippen LogP contribution in [0.5, 0.6) is 0 Å². The minimum Gasteiger partial charge on any atom is -0.454 e. The number of carbonyl (C=O) groups excluding carboxylic acids is 1. The number of nitro groups is 1. The second-order valence-electron chi connectivity index (χ2n) is 6.02. The van der Waals surface area contributed by atoms with E-state index in [2.05, 4.69) is 31.6 Å². The summed E-state index contributed by atoms with van der Waals surface area (Å²) in [5, 5.41) is 18.6. The summed E-state index contributed by atoms with van der Waals surface area (Å²) in [6.45, 7) is 2.01. The lowest BCUT2D eigenvalue weighted by Crippen LogP contribution is -2.16. The van der Waals surface area contributed by atoms with E-state index in [0.717, 1.165) is 11.1 Å². The van der Waals surface area contributed by atoms with Gasteiger partial charge in [0.2, 0.25) is 0 Å². The van der Waals surface area contributed by atoms with Crippen LogP contribution in [0.15, 0.2) is 68.2 Å². The number of allylic oxidation sites excluding steroid dienone is 1. The summed E-state index contributed by atoms with van der Waals surface area (Å²) in [6.07, 6.45) is 4.93. The fourth-order valence-corrected chi connectivity index (χ4v) is 2.89. The second-order valence-corrected chi connectivity index (χ2v) is 6.87. The highest BCUT2D eigenvalue weighted by molar-refractivity contribution is 9.10. The van der Waals surface area contributed by atoms with Gasteiger partial charge >= 0.3 is 11.7 Å². The van der Waals surface area contributed by atoms with Gasteiger partial charge in [0, 0.05) is 0 Å². The van der Waals surface area contributed by atoms with Gasteiger partial charge in [0.05, 0.1) is 17.5 Å². The van der Waals surface area contributed by atoms with Crippen LogP contribution in [0.1, 0.15) is 28.8 Å². The van der Waals surface area contributed by atoms with Crippen LogP contribution in [-0.4, -0.2) is 26.8 Å². The number of benzene rings is 1. The first-order chi connectivity index (χ1) is 13.9. The molecule has 0 saturated carbocycles. The van der Waals surface area contributed by atoms with Crippen LogP contribution < -0.4 is 5.43 Å². The van der Waals surface area contributed by atoms with Crippen LogP contribution >= 0.6 is 15.9 Å². The normalized spacial score (nSPS) is 11.7. The van der Waals surface area contributed by atoms with Crippen molar-refractivity contribution in [2.75, 3.05) is 0 Å². The van der Waals surface area contributed by atoms with Crippen LogP contribution in [0.3, 0.4) is 0 Å². The third kappa shape index (κ3) is 5.48. The number of hydrazone groups is 1. The number of halogens is 1. The average molecular weight is 458 g/mol. The summed E-state index contributed by atoms with van der Waals surface area (Å²) in [7, 11) is 0. The molecule has 29 heavy (non-hydrogen) atoms. The zero-order valence-corrected chi connectivity index (χ0v) is 16.9. The monoisotopic (exact) mass is 457 g/mol. The molecule has 0 unspecified atom stereocenters. The van der Waals surface area contributed by atoms with Gasteiger partial charge in [0.15, 0.2) is 5.76 Å². The van der Waals surface area contributed by atoms with Crippen molar-refractivity contribution >= 4 is 39.9 Å². The smallest absolute Gasteiger partial charge is 0.404 e. The largest absolute Gasteiger partial charge is 0.454 e. The Bertz CT molecular complexity index is 1090. The number of rotatable bonds is 7. The van der Waals surface area contributed by atoms with Gasteiger partial charge < -0.3 is 14.5 Å². The number of amides is 1. The Balaban J connectivity index is 1.58. The first-order valence-corrected chi connectivity index (χ1v) is 9.24. The third-order valence-electron chi connectivity index (χ3n) is 3.70. The molecule has 3 rings (SSSR count). The molecule has 3 aromatic rings. The van der Waals surface area contributed by atoms with Crippen LogP contribution in [-0.2, 0) is 6.54 Å². The highest BCUT2D eigenvalue weighted by Gasteiger charge is 2.19. The number of aromatic nitrogens is 2. The van der Waals surface area contributed by atoms with Crippen LogP contribution in [0.25, 0.3) is 6.08 Å². The Labute approximate surface area is 174 Å². The van der Waals surface area contributed by atoms with E-state index in [4.69, 9.17) is 4.42 Å². The molecule has 2 heterocycles. The average Bonchev–Trinajstić information content (AvgIpc) is 3.29. The molecule has 9 nitrogen and oxygen atoms in total. The van der Waals surface area contributed by atoms with E-state index >= 15 is 0 Å². The molecule has 1 aromatic carbocycles. The molecule has 148 valence electrons. The lowest BCUT2D eigenvalue weighted by Gasteiger charge is -1.97. The maximum Gasteiger partial charge on any atom is 0.404 e. The SMILES string of the molecule is CC(/C=N/NC(=O)c1ccc(Cn2cc(Br)c([N+](=O)[O-])n2)o1)=C\c1ccccc1. The molecule has 0 radical (unpaired) electrons. The number of hydrogen-bond acceptors (Lipinski definition) is 6. The van der Waals surface area contributed by atoms with Gasteiger partial charge in [-0.1, -0.05) is 36.4 Å². The highest BCUT2D eigenvalue weighted by atomic mass is 79.9. The fourth-order valence-electron chi connectivity index (χ4n) is 2.43.